The zero-order valence-corrected chi connectivity index (χ0v) is 6.63. The Kier molecular flexibility index (Phi) is 3.65. The molecule has 3 nitrogen and oxygen atoms in total. The van der Waals surface area contributed by atoms with Gasteiger partial charge in [0.1, 0.15) is 0 Å². The largest absolute Gasteiger partial charge is 2.00 e. The van der Waals surface area contributed by atoms with Gasteiger partial charge in [-0.2, -0.15) is 0 Å². The molecule has 0 aromatic heterocycles. The van der Waals surface area contributed by atoms with E-state index in [0.29, 0.717) is 0 Å². The first kappa shape index (κ1) is 10.0. The van der Waals surface area contributed by atoms with Crippen molar-refractivity contribution in [3.05, 3.63) is 29.8 Å². The van der Waals surface area contributed by atoms with Crippen LogP contribution in [0.5, 0.6) is 5.75 Å². The van der Waals surface area contributed by atoms with E-state index in [0.717, 1.165) is 0 Å². The van der Waals surface area contributed by atoms with Crippen LogP contribution in [0.3, 0.4) is 0 Å². The third-order valence-corrected chi connectivity index (χ3v) is 1.12. The Morgan fingerprint density at radius 3 is 2.27 bits per heavy atom. The van der Waals surface area contributed by atoms with Crippen molar-refractivity contribution in [2.45, 2.75) is 0 Å². The van der Waals surface area contributed by atoms with Crippen LogP contribution in [0.2, 0.25) is 0 Å². The SMILES string of the molecule is O=C(O)c1ccccc1[O-].[Mn+2]. The molecule has 1 aromatic carbocycles. The van der Waals surface area contributed by atoms with Gasteiger partial charge in [0.15, 0.2) is 0 Å². The van der Waals surface area contributed by atoms with Crippen LogP contribution >= 0.6 is 0 Å². The molecule has 1 aromatic rings. The van der Waals surface area contributed by atoms with E-state index >= 15 is 0 Å². The van der Waals surface area contributed by atoms with Crippen molar-refractivity contribution < 1.29 is 32.1 Å². The number of benzene rings is 1. The minimum atomic E-state index is -1.18. The van der Waals surface area contributed by atoms with Crippen LogP contribution in [0, 0.1) is 0 Å². The Balaban J connectivity index is 0.000001000. The van der Waals surface area contributed by atoms with E-state index in [4.69, 9.17) is 5.11 Å². The molecule has 57 valence electrons. The maximum Gasteiger partial charge on any atom is 2.00 e. The number of para-hydroxylation sites is 1. The smallest absolute Gasteiger partial charge is 0.872 e. The molecule has 0 bridgehead atoms. The van der Waals surface area contributed by atoms with Gasteiger partial charge < -0.3 is 10.2 Å². The summed E-state index contributed by atoms with van der Waals surface area (Å²) < 4.78 is 0. The summed E-state index contributed by atoms with van der Waals surface area (Å²) in [6.45, 7) is 0. The first-order valence-electron chi connectivity index (χ1n) is 2.71. The second-order valence-corrected chi connectivity index (χ2v) is 1.80. The maximum atomic E-state index is 10.7. The Morgan fingerprint density at radius 1 is 1.36 bits per heavy atom. The molecule has 0 saturated heterocycles. The summed E-state index contributed by atoms with van der Waals surface area (Å²) in [6.07, 6.45) is 0. The molecule has 1 rings (SSSR count). The van der Waals surface area contributed by atoms with Crippen molar-refractivity contribution >= 4 is 5.97 Å². The predicted molar refractivity (Wildman–Crippen MR) is 32.8 cm³/mol. The molecular weight excluding hydrogens is 187 g/mol. The zero-order valence-electron chi connectivity index (χ0n) is 5.45. The molecule has 11 heavy (non-hydrogen) atoms. The topological polar surface area (TPSA) is 60.4 Å². The van der Waals surface area contributed by atoms with Gasteiger partial charge in [0, 0.05) is 0 Å². The Labute approximate surface area is 74.1 Å². The first-order chi connectivity index (χ1) is 4.72. The van der Waals surface area contributed by atoms with Gasteiger partial charge in [0.25, 0.3) is 0 Å². The normalized spacial score (nSPS) is 8.36. The molecule has 0 spiro atoms. The van der Waals surface area contributed by atoms with E-state index < -0.39 is 11.7 Å². The molecule has 0 atom stereocenters. The third-order valence-electron chi connectivity index (χ3n) is 1.12. The summed E-state index contributed by atoms with van der Waals surface area (Å²) in [7, 11) is 0. The summed E-state index contributed by atoms with van der Waals surface area (Å²) >= 11 is 0. The van der Waals surface area contributed by atoms with Gasteiger partial charge in [-0.05, 0) is 6.07 Å². The molecule has 1 radical (unpaired) electrons. The minimum Gasteiger partial charge on any atom is -0.872 e. The van der Waals surface area contributed by atoms with Crippen molar-refractivity contribution in [1.82, 2.24) is 0 Å². The number of carboxylic acid groups (broad SMARTS) is 1. The fourth-order valence-electron chi connectivity index (χ4n) is 0.643. The van der Waals surface area contributed by atoms with E-state index in [1.54, 1.807) is 0 Å². The van der Waals surface area contributed by atoms with Gasteiger partial charge >= 0.3 is 23.0 Å². The van der Waals surface area contributed by atoms with Crippen LogP contribution in [0.1, 0.15) is 10.4 Å². The van der Waals surface area contributed by atoms with Crippen LogP contribution in [0.4, 0.5) is 0 Å². The molecule has 0 aliphatic rings. The molecule has 0 saturated carbocycles. The van der Waals surface area contributed by atoms with Crippen molar-refractivity contribution in [2.24, 2.45) is 0 Å². The van der Waals surface area contributed by atoms with Crippen molar-refractivity contribution in [2.75, 3.05) is 0 Å². The standard InChI is InChI=1S/C7H6O3.Mn/c8-6-4-2-1-3-5(6)7(9)10;/h1-4,8H,(H,9,10);/q;+2/p-1. The van der Waals surface area contributed by atoms with Gasteiger partial charge in [-0.3, -0.25) is 0 Å². The van der Waals surface area contributed by atoms with Crippen molar-refractivity contribution in [3.8, 4) is 5.75 Å². The van der Waals surface area contributed by atoms with Crippen LogP contribution in [0.25, 0.3) is 0 Å². The zero-order chi connectivity index (χ0) is 7.56. The summed E-state index contributed by atoms with van der Waals surface area (Å²) in [6, 6.07) is 5.54. The number of aromatic carboxylic acids is 1. The van der Waals surface area contributed by atoms with E-state index in [2.05, 4.69) is 0 Å². The van der Waals surface area contributed by atoms with Crippen molar-refractivity contribution in [1.29, 1.82) is 0 Å². The summed E-state index contributed by atoms with van der Waals surface area (Å²) in [5, 5.41) is 19.0. The van der Waals surface area contributed by atoms with Gasteiger partial charge in [0.05, 0.1) is 5.56 Å². The van der Waals surface area contributed by atoms with Gasteiger partial charge in [0.2, 0.25) is 0 Å². The first-order valence-corrected chi connectivity index (χ1v) is 2.71. The van der Waals surface area contributed by atoms with E-state index in [9.17, 15) is 9.90 Å². The predicted octanol–water partition coefficient (Wildman–Crippen LogP) is 0.456. The van der Waals surface area contributed by atoms with Crippen LogP contribution < -0.4 is 5.11 Å². The maximum absolute atomic E-state index is 10.7. The number of hydrogen-bond acceptors (Lipinski definition) is 2. The quantitative estimate of drug-likeness (QED) is 0.657. The van der Waals surface area contributed by atoms with Crippen molar-refractivity contribution in [3.63, 3.8) is 0 Å². The average Bonchev–Trinajstić information content (AvgIpc) is 1.88. The summed E-state index contributed by atoms with van der Waals surface area (Å²) in [4.78, 5) is 10.2. The number of hydrogen-bond donors (Lipinski definition) is 1. The average molecular weight is 192 g/mol. The molecule has 0 unspecified atom stereocenters. The second kappa shape index (κ2) is 4.01. The molecule has 4 heteroatoms. The number of rotatable bonds is 1. The van der Waals surface area contributed by atoms with Gasteiger partial charge in [-0.1, -0.05) is 23.9 Å². The summed E-state index contributed by atoms with van der Waals surface area (Å²) in [5.41, 5.74) is -0.178. The van der Waals surface area contributed by atoms with E-state index in [1.807, 2.05) is 0 Å². The van der Waals surface area contributed by atoms with Gasteiger partial charge in [-0.25, -0.2) is 4.79 Å². The fraction of sp³-hybridized carbons (Fsp3) is 0. The number of carbonyl (C=O) groups is 1. The Bertz CT molecular complexity index is 260. The van der Waals surface area contributed by atoms with Gasteiger partial charge in [-0.15, -0.1) is 0 Å². The van der Waals surface area contributed by atoms with Crippen LogP contribution in [-0.4, -0.2) is 11.1 Å². The second-order valence-electron chi connectivity index (χ2n) is 1.80. The molecular formula is C7H5MnO3+. The molecule has 0 aliphatic heterocycles. The molecule has 0 fully saturated rings. The fourth-order valence-corrected chi connectivity index (χ4v) is 0.643. The summed E-state index contributed by atoms with van der Waals surface area (Å²) in [5.74, 6) is -1.62. The molecule has 1 N–H and O–H groups in total. The van der Waals surface area contributed by atoms with Crippen LogP contribution in [-0.2, 0) is 17.1 Å². The Hall–Kier alpha value is -0.991. The number of carboxylic acids is 1. The third kappa shape index (κ3) is 2.26. The van der Waals surface area contributed by atoms with Crippen LogP contribution in [0.15, 0.2) is 24.3 Å². The molecule has 0 amide bonds. The Morgan fingerprint density at radius 2 is 1.91 bits per heavy atom. The minimum absolute atomic E-state index is 0. The van der Waals surface area contributed by atoms with E-state index in [1.165, 1.54) is 24.3 Å². The van der Waals surface area contributed by atoms with E-state index in [-0.39, 0.29) is 22.6 Å². The molecule has 0 aliphatic carbocycles. The molecule has 0 heterocycles. The monoisotopic (exact) mass is 192 g/mol.